The molecule has 3 heterocycles. The summed E-state index contributed by atoms with van der Waals surface area (Å²) < 4.78 is 12.4. The second kappa shape index (κ2) is 13.1. The molecule has 12 nitrogen and oxygen atoms in total. The number of pyridine rings is 2. The Balaban J connectivity index is 1.86. The van der Waals surface area contributed by atoms with Crippen molar-refractivity contribution in [3.05, 3.63) is 50.1 Å². The van der Waals surface area contributed by atoms with Crippen LogP contribution < -0.4 is 16.1 Å². The van der Waals surface area contributed by atoms with Crippen LogP contribution in [-0.2, 0) is 14.3 Å². The van der Waals surface area contributed by atoms with Gasteiger partial charge in [0.2, 0.25) is 11.3 Å². The van der Waals surface area contributed by atoms with E-state index in [-0.39, 0.29) is 35.1 Å². The van der Waals surface area contributed by atoms with Gasteiger partial charge in [0.05, 0.1) is 30.6 Å². The van der Waals surface area contributed by atoms with Crippen LogP contribution in [0.3, 0.4) is 0 Å². The molecule has 0 aliphatic carbocycles. The SMILES string of the molecule is CCOCC(COCC)NC(=O)C(C)CNc1cc(C)c2c(=O)c(C(=O)N=O)cn(-c3nccs3)c2n1. The van der Waals surface area contributed by atoms with Crippen LogP contribution in [0.5, 0.6) is 0 Å². The fraction of sp³-hybridized carbons (Fsp3) is 0.458. The molecule has 0 saturated carbocycles. The van der Waals surface area contributed by atoms with Crippen LogP contribution in [0.15, 0.2) is 33.8 Å². The van der Waals surface area contributed by atoms with Gasteiger partial charge >= 0.3 is 5.91 Å². The number of nitrogens with zero attached hydrogens (tertiary/aromatic N) is 4. The van der Waals surface area contributed by atoms with Gasteiger partial charge < -0.3 is 20.1 Å². The number of aryl methyl sites for hydroxylation is 1. The summed E-state index contributed by atoms with van der Waals surface area (Å²) in [5, 5.41) is 10.9. The van der Waals surface area contributed by atoms with Gasteiger partial charge in [0.15, 0.2) is 10.8 Å². The Kier molecular flexibility index (Phi) is 9.94. The van der Waals surface area contributed by atoms with E-state index in [1.165, 1.54) is 22.1 Å². The predicted octanol–water partition coefficient (Wildman–Crippen LogP) is 2.66. The number of amides is 2. The number of thiazole rings is 1. The number of carbonyl (C=O) groups is 2. The minimum atomic E-state index is -1.16. The minimum absolute atomic E-state index is 0.168. The minimum Gasteiger partial charge on any atom is -0.380 e. The molecule has 37 heavy (non-hydrogen) atoms. The summed E-state index contributed by atoms with van der Waals surface area (Å²) in [6.45, 7) is 9.31. The van der Waals surface area contributed by atoms with Gasteiger partial charge in [0.25, 0.3) is 0 Å². The van der Waals surface area contributed by atoms with E-state index in [9.17, 15) is 19.3 Å². The smallest absolute Gasteiger partial charge is 0.322 e. The lowest BCUT2D eigenvalue weighted by Gasteiger charge is -2.21. The van der Waals surface area contributed by atoms with Crippen molar-refractivity contribution in [2.45, 2.75) is 33.7 Å². The number of fused-ring (bicyclic) bond motifs is 1. The summed E-state index contributed by atoms with van der Waals surface area (Å²) in [4.78, 5) is 57.5. The highest BCUT2D eigenvalue weighted by atomic mass is 32.1. The average molecular weight is 531 g/mol. The Labute approximate surface area is 217 Å². The van der Waals surface area contributed by atoms with Gasteiger partial charge in [0.1, 0.15) is 11.4 Å². The van der Waals surface area contributed by atoms with Crippen LogP contribution in [0, 0.1) is 17.7 Å². The number of ether oxygens (including phenoxy) is 2. The molecule has 2 N–H and O–H groups in total. The van der Waals surface area contributed by atoms with Crippen molar-refractivity contribution in [1.29, 1.82) is 0 Å². The summed E-state index contributed by atoms with van der Waals surface area (Å²) >= 11 is 1.27. The van der Waals surface area contributed by atoms with Crippen molar-refractivity contribution in [2.75, 3.05) is 38.3 Å². The lowest BCUT2D eigenvalue weighted by Crippen LogP contribution is -2.45. The first-order valence-corrected chi connectivity index (χ1v) is 12.7. The van der Waals surface area contributed by atoms with Crippen LogP contribution in [0.1, 0.15) is 36.7 Å². The number of rotatable bonds is 13. The molecule has 1 unspecified atom stereocenters. The summed E-state index contributed by atoms with van der Waals surface area (Å²) in [6.07, 6.45) is 2.80. The Morgan fingerprint density at radius 1 is 1.22 bits per heavy atom. The highest BCUT2D eigenvalue weighted by Crippen LogP contribution is 2.23. The molecule has 0 aliphatic rings. The largest absolute Gasteiger partial charge is 0.380 e. The van der Waals surface area contributed by atoms with E-state index in [4.69, 9.17) is 9.47 Å². The second-order valence-corrected chi connectivity index (χ2v) is 9.16. The number of aromatic nitrogens is 3. The first kappa shape index (κ1) is 28.0. The number of carbonyl (C=O) groups excluding carboxylic acids is 2. The zero-order chi connectivity index (χ0) is 26.9. The molecular weight excluding hydrogens is 500 g/mol. The molecular formula is C24H30N6O6S. The third kappa shape index (κ3) is 6.81. The van der Waals surface area contributed by atoms with Gasteiger partial charge in [-0.1, -0.05) is 6.92 Å². The molecule has 3 aromatic rings. The summed E-state index contributed by atoms with van der Waals surface area (Å²) in [7, 11) is 0. The fourth-order valence-corrected chi connectivity index (χ4v) is 4.23. The van der Waals surface area contributed by atoms with E-state index in [0.29, 0.717) is 42.9 Å². The van der Waals surface area contributed by atoms with Crippen molar-refractivity contribution >= 4 is 40.0 Å². The maximum absolute atomic E-state index is 13.0. The van der Waals surface area contributed by atoms with E-state index >= 15 is 0 Å². The van der Waals surface area contributed by atoms with E-state index < -0.39 is 17.3 Å². The number of hydrogen-bond acceptors (Lipinski definition) is 10. The van der Waals surface area contributed by atoms with Crippen molar-refractivity contribution in [3.8, 4) is 5.13 Å². The van der Waals surface area contributed by atoms with E-state index in [2.05, 4.69) is 25.8 Å². The monoisotopic (exact) mass is 530 g/mol. The maximum atomic E-state index is 13.0. The molecule has 0 aromatic carbocycles. The van der Waals surface area contributed by atoms with Gasteiger partial charge in [-0.3, -0.25) is 19.0 Å². The molecule has 0 fully saturated rings. The quantitative estimate of drug-likeness (QED) is 0.317. The summed E-state index contributed by atoms with van der Waals surface area (Å²) in [5.74, 6) is -1.31. The van der Waals surface area contributed by atoms with Gasteiger partial charge in [-0.15, -0.1) is 16.2 Å². The zero-order valence-corrected chi connectivity index (χ0v) is 22.0. The molecule has 0 bridgehead atoms. The van der Waals surface area contributed by atoms with E-state index in [1.807, 2.05) is 13.8 Å². The van der Waals surface area contributed by atoms with Crippen LogP contribution >= 0.6 is 11.3 Å². The van der Waals surface area contributed by atoms with Crippen LogP contribution in [-0.4, -0.2) is 65.4 Å². The predicted molar refractivity (Wildman–Crippen MR) is 140 cm³/mol. The molecule has 1 atom stereocenters. The number of anilines is 1. The number of hydrogen-bond donors (Lipinski definition) is 2. The normalized spacial score (nSPS) is 12.0. The van der Waals surface area contributed by atoms with Crippen LogP contribution in [0.4, 0.5) is 5.82 Å². The molecule has 198 valence electrons. The van der Waals surface area contributed by atoms with Gasteiger partial charge in [-0.2, -0.15) is 0 Å². The third-order valence-electron chi connectivity index (χ3n) is 5.52. The maximum Gasteiger partial charge on any atom is 0.322 e. The zero-order valence-electron chi connectivity index (χ0n) is 21.1. The van der Waals surface area contributed by atoms with Crippen molar-refractivity contribution in [2.24, 2.45) is 11.1 Å². The van der Waals surface area contributed by atoms with Crippen molar-refractivity contribution in [3.63, 3.8) is 0 Å². The molecule has 0 radical (unpaired) electrons. The summed E-state index contributed by atoms with van der Waals surface area (Å²) in [5.41, 5.74) is -0.196. The highest BCUT2D eigenvalue weighted by molar-refractivity contribution is 7.12. The third-order valence-corrected chi connectivity index (χ3v) is 6.29. The van der Waals surface area contributed by atoms with E-state index in [1.54, 1.807) is 31.5 Å². The Morgan fingerprint density at radius 2 is 1.92 bits per heavy atom. The topological polar surface area (TPSA) is 154 Å². The summed E-state index contributed by atoms with van der Waals surface area (Å²) in [6, 6.07) is 1.39. The Morgan fingerprint density at radius 3 is 2.51 bits per heavy atom. The molecule has 3 rings (SSSR count). The van der Waals surface area contributed by atoms with Crippen molar-refractivity contribution in [1.82, 2.24) is 19.9 Å². The highest BCUT2D eigenvalue weighted by Gasteiger charge is 2.22. The average Bonchev–Trinajstić information content (AvgIpc) is 3.43. The molecule has 0 aliphatic heterocycles. The Hall–Kier alpha value is -3.55. The molecule has 2 amide bonds. The van der Waals surface area contributed by atoms with Gasteiger partial charge in [0, 0.05) is 42.7 Å². The number of nitroso groups, excluding NO2 is 1. The second-order valence-electron chi connectivity index (χ2n) is 8.28. The van der Waals surface area contributed by atoms with E-state index in [0.717, 1.165) is 0 Å². The first-order chi connectivity index (χ1) is 17.8. The molecule has 13 heteroatoms. The number of nitrogens with one attached hydrogen (secondary N) is 2. The lowest BCUT2D eigenvalue weighted by atomic mass is 10.1. The first-order valence-electron chi connectivity index (χ1n) is 11.8. The van der Waals surface area contributed by atoms with Crippen LogP contribution in [0.2, 0.25) is 0 Å². The van der Waals surface area contributed by atoms with Crippen LogP contribution in [0.25, 0.3) is 16.2 Å². The van der Waals surface area contributed by atoms with Gasteiger partial charge in [-0.05, 0) is 32.4 Å². The van der Waals surface area contributed by atoms with Gasteiger partial charge in [-0.25, -0.2) is 9.97 Å². The Bertz CT molecular complexity index is 1300. The molecule has 0 saturated heterocycles. The fourth-order valence-electron chi connectivity index (χ4n) is 3.61. The molecule has 3 aromatic heterocycles. The molecule has 0 spiro atoms. The lowest BCUT2D eigenvalue weighted by molar-refractivity contribution is -0.125. The standard InChI is InChI=1S/C24H30N6O6S/c1-5-35-12-16(13-36-6-2)27-22(32)15(4)10-26-18-9-14(3)19-20(31)17(23(33)29-34)11-30(21(19)28-18)24-25-7-8-37-24/h7-9,11,15-16H,5-6,10,12-13H2,1-4H3,(H,26,28)(H,27,32). The van der Waals surface area contributed by atoms with Crippen molar-refractivity contribution < 1.29 is 19.1 Å².